The Morgan fingerprint density at radius 1 is 1.08 bits per heavy atom. The molecule has 1 aliphatic heterocycles. The van der Waals surface area contributed by atoms with Gasteiger partial charge in [0.05, 0.1) is 5.56 Å². The molecule has 134 valence electrons. The topological polar surface area (TPSA) is 29.5 Å². The number of rotatable bonds is 4. The number of nitrogens with zero attached hydrogens (tertiary/aromatic N) is 1. The molecule has 3 rings (SSSR count). The third-order valence-electron chi connectivity index (χ3n) is 4.21. The molecule has 0 amide bonds. The molecule has 1 fully saturated rings. The van der Waals surface area contributed by atoms with E-state index in [4.69, 9.17) is 16.3 Å². The van der Waals surface area contributed by atoms with Crippen LogP contribution in [0.1, 0.15) is 28.8 Å². The maximum atomic E-state index is 12.1. The lowest BCUT2D eigenvalue weighted by molar-refractivity contribution is 0.0104. The van der Waals surface area contributed by atoms with Crippen LogP contribution in [0, 0.1) is 0 Å². The third kappa shape index (κ3) is 6.00. The Bertz CT molecular complexity index is 684. The molecular formula is C19H20BrCl2NO2. The number of hydrogen-bond acceptors (Lipinski definition) is 3. The summed E-state index contributed by atoms with van der Waals surface area (Å²) in [5.74, 6) is -0.266. The SMILES string of the molecule is Cl.O=C(OC1CCN(Cc2ccc(Br)cc2)CC1)c1ccc(Cl)cc1. The third-order valence-corrected chi connectivity index (χ3v) is 4.99. The fourth-order valence-corrected chi connectivity index (χ4v) is 3.23. The molecule has 25 heavy (non-hydrogen) atoms. The van der Waals surface area contributed by atoms with Gasteiger partial charge in [0.15, 0.2) is 0 Å². The van der Waals surface area contributed by atoms with Crippen LogP contribution in [-0.4, -0.2) is 30.1 Å². The van der Waals surface area contributed by atoms with E-state index in [2.05, 4.69) is 45.1 Å². The van der Waals surface area contributed by atoms with Gasteiger partial charge in [-0.3, -0.25) is 4.90 Å². The van der Waals surface area contributed by atoms with Crippen molar-refractivity contribution in [2.24, 2.45) is 0 Å². The summed E-state index contributed by atoms with van der Waals surface area (Å²) in [6.45, 7) is 2.81. The standard InChI is InChI=1S/C19H19BrClNO2.ClH/c20-16-5-1-14(2-6-16)13-22-11-9-18(10-12-22)24-19(23)15-3-7-17(21)8-4-15;/h1-8,18H,9-13H2;1H. The highest BCUT2D eigenvalue weighted by Crippen LogP contribution is 2.19. The first kappa shape index (κ1) is 20.2. The first-order valence-electron chi connectivity index (χ1n) is 8.03. The number of ether oxygens (including phenoxy) is 1. The lowest BCUT2D eigenvalue weighted by Crippen LogP contribution is -2.37. The molecule has 0 radical (unpaired) electrons. The van der Waals surface area contributed by atoms with Gasteiger partial charge in [-0.1, -0.05) is 39.7 Å². The normalized spacial score (nSPS) is 15.4. The van der Waals surface area contributed by atoms with Gasteiger partial charge in [-0.2, -0.15) is 0 Å². The van der Waals surface area contributed by atoms with E-state index in [1.807, 2.05) is 0 Å². The molecule has 1 heterocycles. The van der Waals surface area contributed by atoms with E-state index in [1.165, 1.54) is 5.56 Å². The van der Waals surface area contributed by atoms with Crippen molar-refractivity contribution >= 4 is 45.9 Å². The molecule has 2 aromatic carbocycles. The zero-order chi connectivity index (χ0) is 16.9. The van der Waals surface area contributed by atoms with E-state index < -0.39 is 0 Å². The highest BCUT2D eigenvalue weighted by Gasteiger charge is 2.22. The number of esters is 1. The molecule has 3 nitrogen and oxygen atoms in total. The minimum absolute atomic E-state index is 0. The van der Waals surface area contributed by atoms with Gasteiger partial charge in [-0.25, -0.2) is 4.79 Å². The zero-order valence-electron chi connectivity index (χ0n) is 13.7. The summed E-state index contributed by atoms with van der Waals surface area (Å²) in [4.78, 5) is 14.5. The summed E-state index contributed by atoms with van der Waals surface area (Å²) in [6.07, 6.45) is 1.74. The van der Waals surface area contributed by atoms with Crippen molar-refractivity contribution in [3.8, 4) is 0 Å². The largest absolute Gasteiger partial charge is 0.459 e. The van der Waals surface area contributed by atoms with E-state index in [0.717, 1.165) is 36.9 Å². The summed E-state index contributed by atoms with van der Waals surface area (Å²) in [6, 6.07) is 15.2. The lowest BCUT2D eigenvalue weighted by atomic mass is 10.1. The van der Waals surface area contributed by atoms with Crippen LogP contribution in [0.25, 0.3) is 0 Å². The Hall–Kier alpha value is -1.07. The molecule has 0 unspecified atom stereocenters. The zero-order valence-corrected chi connectivity index (χ0v) is 16.8. The molecule has 0 atom stereocenters. The maximum Gasteiger partial charge on any atom is 0.338 e. The van der Waals surface area contributed by atoms with Crippen LogP contribution in [-0.2, 0) is 11.3 Å². The van der Waals surface area contributed by atoms with E-state index in [9.17, 15) is 4.79 Å². The second-order valence-corrected chi connectivity index (χ2v) is 7.37. The summed E-state index contributed by atoms with van der Waals surface area (Å²) < 4.78 is 6.71. The summed E-state index contributed by atoms with van der Waals surface area (Å²) in [7, 11) is 0. The van der Waals surface area contributed by atoms with Gasteiger partial charge in [-0.15, -0.1) is 12.4 Å². The van der Waals surface area contributed by atoms with E-state index in [0.29, 0.717) is 10.6 Å². The summed E-state index contributed by atoms with van der Waals surface area (Å²) in [5.41, 5.74) is 1.85. The molecule has 0 spiro atoms. The Morgan fingerprint density at radius 2 is 1.68 bits per heavy atom. The highest BCUT2D eigenvalue weighted by molar-refractivity contribution is 9.10. The predicted molar refractivity (Wildman–Crippen MR) is 107 cm³/mol. The summed E-state index contributed by atoms with van der Waals surface area (Å²) in [5, 5.41) is 0.618. The van der Waals surface area contributed by atoms with Crippen molar-refractivity contribution in [1.29, 1.82) is 0 Å². The molecule has 1 saturated heterocycles. The van der Waals surface area contributed by atoms with Crippen LogP contribution in [0.15, 0.2) is 53.0 Å². The van der Waals surface area contributed by atoms with E-state index >= 15 is 0 Å². The number of halogens is 3. The van der Waals surface area contributed by atoms with Crippen LogP contribution in [0.3, 0.4) is 0 Å². The molecule has 2 aromatic rings. The number of likely N-dealkylation sites (tertiary alicyclic amines) is 1. The van der Waals surface area contributed by atoms with Crippen LogP contribution < -0.4 is 0 Å². The fourth-order valence-electron chi connectivity index (χ4n) is 2.84. The Kier molecular flexibility index (Phi) is 7.76. The van der Waals surface area contributed by atoms with Gasteiger partial charge in [-0.05, 0) is 54.8 Å². The average Bonchev–Trinajstić information content (AvgIpc) is 2.59. The van der Waals surface area contributed by atoms with Crippen molar-refractivity contribution in [3.63, 3.8) is 0 Å². The molecule has 0 aliphatic carbocycles. The number of carbonyl (C=O) groups is 1. The van der Waals surface area contributed by atoms with E-state index in [1.54, 1.807) is 24.3 Å². The Balaban J connectivity index is 0.00000225. The number of hydrogen-bond donors (Lipinski definition) is 0. The van der Waals surface area contributed by atoms with Gasteiger partial charge >= 0.3 is 5.97 Å². The first-order valence-corrected chi connectivity index (χ1v) is 9.20. The fraction of sp³-hybridized carbons (Fsp3) is 0.316. The second-order valence-electron chi connectivity index (χ2n) is 6.01. The van der Waals surface area contributed by atoms with Gasteiger partial charge < -0.3 is 4.74 Å². The number of carbonyl (C=O) groups excluding carboxylic acids is 1. The molecule has 6 heteroatoms. The molecule has 0 aromatic heterocycles. The van der Waals surface area contributed by atoms with Gasteiger partial charge in [0.2, 0.25) is 0 Å². The van der Waals surface area contributed by atoms with Crippen molar-refractivity contribution in [3.05, 3.63) is 69.2 Å². The molecule has 0 bridgehead atoms. The minimum Gasteiger partial charge on any atom is -0.459 e. The molecular weight excluding hydrogens is 425 g/mol. The molecule has 0 N–H and O–H groups in total. The highest BCUT2D eigenvalue weighted by atomic mass is 79.9. The minimum atomic E-state index is -0.266. The quantitative estimate of drug-likeness (QED) is 0.595. The number of piperidine rings is 1. The average molecular weight is 445 g/mol. The van der Waals surface area contributed by atoms with Crippen LogP contribution in [0.4, 0.5) is 0 Å². The molecule has 1 aliphatic rings. The van der Waals surface area contributed by atoms with Gasteiger partial charge in [0.1, 0.15) is 6.10 Å². The van der Waals surface area contributed by atoms with Crippen molar-refractivity contribution in [2.75, 3.05) is 13.1 Å². The van der Waals surface area contributed by atoms with E-state index in [-0.39, 0.29) is 24.5 Å². The lowest BCUT2D eigenvalue weighted by Gasteiger charge is -2.31. The Labute approximate surface area is 167 Å². The van der Waals surface area contributed by atoms with Gasteiger partial charge in [0, 0.05) is 29.1 Å². The van der Waals surface area contributed by atoms with Crippen LogP contribution in [0.5, 0.6) is 0 Å². The maximum absolute atomic E-state index is 12.1. The van der Waals surface area contributed by atoms with Crippen LogP contribution >= 0.6 is 39.9 Å². The molecule has 0 saturated carbocycles. The Morgan fingerprint density at radius 3 is 2.28 bits per heavy atom. The smallest absolute Gasteiger partial charge is 0.338 e. The van der Waals surface area contributed by atoms with Crippen LogP contribution in [0.2, 0.25) is 5.02 Å². The summed E-state index contributed by atoms with van der Waals surface area (Å²) >= 11 is 9.29. The predicted octanol–water partition coefficient (Wildman–Crippen LogP) is 5.35. The van der Waals surface area contributed by atoms with Crippen molar-refractivity contribution in [2.45, 2.75) is 25.5 Å². The monoisotopic (exact) mass is 443 g/mol. The van der Waals surface area contributed by atoms with Crippen molar-refractivity contribution < 1.29 is 9.53 Å². The first-order chi connectivity index (χ1) is 11.6. The van der Waals surface area contributed by atoms with Crippen molar-refractivity contribution in [1.82, 2.24) is 4.90 Å². The van der Waals surface area contributed by atoms with Gasteiger partial charge in [0.25, 0.3) is 0 Å². The second kappa shape index (κ2) is 9.58. The number of benzene rings is 2.